The Kier molecular flexibility index (Phi) is 1.44. The SMILES string of the molecule is [B][Si](C)=O. The van der Waals surface area contributed by atoms with E-state index in [0.29, 0.717) is 0 Å². The fourth-order valence-corrected chi connectivity index (χ4v) is 0. The largest absolute Gasteiger partial charge is 0.400 e. The molecule has 20 valence electrons. The first-order chi connectivity index (χ1) is 1.73. The van der Waals surface area contributed by atoms with Crippen molar-refractivity contribution < 1.29 is 4.46 Å². The molecule has 0 atom stereocenters. The monoisotopic (exact) mass is 70.0 g/mol. The highest BCUT2D eigenvalue weighted by molar-refractivity contribution is 6.93. The summed E-state index contributed by atoms with van der Waals surface area (Å²) < 4.78 is 9.41. The molecule has 0 aromatic carbocycles. The zero-order valence-electron chi connectivity index (χ0n) is 2.49. The van der Waals surface area contributed by atoms with E-state index in [1.54, 1.807) is 0 Å². The van der Waals surface area contributed by atoms with E-state index in [9.17, 15) is 4.46 Å². The Morgan fingerprint density at radius 2 is 2.00 bits per heavy atom. The predicted octanol–water partition coefficient (Wildman–Crippen LogP) is -0.297. The molecule has 0 aromatic heterocycles. The van der Waals surface area contributed by atoms with Gasteiger partial charge in [0.2, 0.25) is 8.55 Å². The van der Waals surface area contributed by atoms with E-state index >= 15 is 0 Å². The summed E-state index contributed by atoms with van der Waals surface area (Å²) in [4.78, 5) is 0. The lowest BCUT2D eigenvalue weighted by Crippen LogP contribution is -1.84. The van der Waals surface area contributed by atoms with Gasteiger partial charge in [-0.3, -0.25) is 0 Å². The minimum atomic E-state index is -1.63. The number of hydrogen-bond acceptors (Lipinski definition) is 1. The molecule has 0 heterocycles. The van der Waals surface area contributed by atoms with Crippen molar-refractivity contribution in [2.75, 3.05) is 0 Å². The first-order valence-electron chi connectivity index (χ1n) is 0.993. The van der Waals surface area contributed by atoms with Crippen LogP contribution in [0.25, 0.3) is 0 Å². The molecule has 0 aliphatic rings. The molecule has 4 heavy (non-hydrogen) atoms. The van der Waals surface area contributed by atoms with Crippen LogP contribution in [0.3, 0.4) is 0 Å². The van der Waals surface area contributed by atoms with Gasteiger partial charge in [-0.2, -0.15) is 0 Å². The van der Waals surface area contributed by atoms with Crippen LogP contribution in [-0.4, -0.2) is 16.0 Å². The molecule has 0 rings (SSSR count). The summed E-state index contributed by atoms with van der Waals surface area (Å²) in [6.07, 6.45) is 0. The first kappa shape index (κ1) is 4.08. The third kappa shape index (κ3) is 364. The number of hydrogen-bond donors (Lipinski definition) is 0. The van der Waals surface area contributed by atoms with Crippen molar-refractivity contribution in [2.24, 2.45) is 0 Å². The molecule has 0 saturated heterocycles. The lowest BCUT2D eigenvalue weighted by molar-refractivity contribution is 0.576. The molecule has 0 bridgehead atoms. The van der Waals surface area contributed by atoms with Gasteiger partial charge >= 0.3 is 0 Å². The average Bonchev–Trinajstić information content (AvgIpc) is 0.811. The summed E-state index contributed by atoms with van der Waals surface area (Å²) in [5.41, 5.74) is 0. The molecule has 0 amide bonds. The van der Waals surface area contributed by atoms with Gasteiger partial charge < -0.3 is 4.46 Å². The quantitative estimate of drug-likeness (QED) is 0.358. The highest BCUT2D eigenvalue weighted by Gasteiger charge is 1.68. The molecule has 0 unspecified atom stereocenters. The fourth-order valence-electron chi connectivity index (χ4n) is 0. The van der Waals surface area contributed by atoms with Crippen LogP contribution in [0.1, 0.15) is 0 Å². The third-order valence-corrected chi connectivity index (χ3v) is 0. The van der Waals surface area contributed by atoms with E-state index in [0.717, 1.165) is 0 Å². The maximum absolute atomic E-state index is 9.41. The van der Waals surface area contributed by atoms with E-state index in [2.05, 4.69) is 7.44 Å². The van der Waals surface area contributed by atoms with Gasteiger partial charge in [-0.05, 0) is 6.55 Å². The van der Waals surface area contributed by atoms with Crippen molar-refractivity contribution in [2.45, 2.75) is 6.55 Å². The van der Waals surface area contributed by atoms with Crippen molar-refractivity contribution >= 4 is 16.0 Å². The summed E-state index contributed by atoms with van der Waals surface area (Å²) in [6, 6.07) is 0. The van der Waals surface area contributed by atoms with Crippen LogP contribution in [0.2, 0.25) is 6.55 Å². The van der Waals surface area contributed by atoms with E-state index < -0.39 is 8.55 Å². The molecule has 2 radical (unpaired) electrons. The van der Waals surface area contributed by atoms with Crippen molar-refractivity contribution in [3.63, 3.8) is 0 Å². The van der Waals surface area contributed by atoms with Gasteiger partial charge in [0.1, 0.15) is 7.44 Å². The minimum Gasteiger partial charge on any atom is -0.400 e. The van der Waals surface area contributed by atoms with Gasteiger partial charge in [-0.25, -0.2) is 0 Å². The van der Waals surface area contributed by atoms with E-state index in [4.69, 9.17) is 0 Å². The normalized spacial score (nSPS) is 6.25. The Hall–Kier alpha value is 0.0818. The van der Waals surface area contributed by atoms with Crippen molar-refractivity contribution in [1.29, 1.82) is 0 Å². The fraction of sp³-hybridized carbons (Fsp3) is 1.00. The first-order valence-corrected chi connectivity index (χ1v) is 2.98. The van der Waals surface area contributed by atoms with Gasteiger partial charge in [0, 0.05) is 0 Å². The van der Waals surface area contributed by atoms with Gasteiger partial charge in [0.15, 0.2) is 0 Å². The second-order valence-electron chi connectivity index (χ2n) is 0.611. The Balaban J connectivity index is 2.80. The zero-order chi connectivity index (χ0) is 3.58. The van der Waals surface area contributed by atoms with Crippen molar-refractivity contribution in [3.8, 4) is 0 Å². The van der Waals surface area contributed by atoms with Crippen LogP contribution in [0, 0.1) is 0 Å². The van der Waals surface area contributed by atoms with Gasteiger partial charge in [-0.15, -0.1) is 0 Å². The van der Waals surface area contributed by atoms with Gasteiger partial charge in [-0.1, -0.05) is 0 Å². The molecule has 0 spiro atoms. The van der Waals surface area contributed by atoms with Crippen LogP contribution >= 0.6 is 0 Å². The Morgan fingerprint density at radius 3 is 2.00 bits per heavy atom. The van der Waals surface area contributed by atoms with Crippen LogP contribution in [0.15, 0.2) is 0 Å². The second kappa shape index (κ2) is 1.41. The van der Waals surface area contributed by atoms with Crippen molar-refractivity contribution in [3.05, 3.63) is 0 Å². The minimum absolute atomic E-state index is 1.49. The molecule has 0 aliphatic carbocycles. The molecule has 0 aliphatic heterocycles. The molecular formula is CH3BOSi. The summed E-state index contributed by atoms with van der Waals surface area (Å²) in [6.45, 7) is 1.49. The molecular weight excluding hydrogens is 66.9 g/mol. The predicted molar refractivity (Wildman–Crippen MR) is 18.1 cm³/mol. The highest BCUT2D eigenvalue weighted by Crippen LogP contribution is 1.38. The lowest BCUT2D eigenvalue weighted by atomic mass is 10.8. The summed E-state index contributed by atoms with van der Waals surface area (Å²) in [7, 11) is 3.03. The smallest absolute Gasteiger partial charge is 0.211 e. The molecule has 0 aromatic rings. The van der Waals surface area contributed by atoms with Crippen LogP contribution in [0.4, 0.5) is 0 Å². The van der Waals surface area contributed by atoms with E-state index in [1.807, 2.05) is 0 Å². The molecule has 0 N–H and O–H groups in total. The molecule has 1 nitrogen and oxygen atoms in total. The summed E-state index contributed by atoms with van der Waals surface area (Å²) >= 11 is 0. The molecule has 3 heteroatoms. The van der Waals surface area contributed by atoms with Crippen LogP contribution < -0.4 is 0 Å². The molecule has 0 saturated carbocycles. The van der Waals surface area contributed by atoms with Crippen LogP contribution in [0.5, 0.6) is 0 Å². The van der Waals surface area contributed by atoms with Gasteiger partial charge in [0.25, 0.3) is 0 Å². The molecule has 0 fully saturated rings. The number of rotatable bonds is 0. The summed E-state index contributed by atoms with van der Waals surface area (Å²) in [5.74, 6) is 0. The topological polar surface area (TPSA) is 17.1 Å². The van der Waals surface area contributed by atoms with Crippen molar-refractivity contribution in [1.82, 2.24) is 0 Å². The average molecular weight is 69.9 g/mol. The highest BCUT2D eigenvalue weighted by atomic mass is 28.2. The maximum Gasteiger partial charge on any atom is 0.211 e. The van der Waals surface area contributed by atoms with Crippen LogP contribution in [-0.2, 0) is 4.46 Å². The van der Waals surface area contributed by atoms with E-state index in [-0.39, 0.29) is 0 Å². The van der Waals surface area contributed by atoms with E-state index in [1.165, 1.54) is 6.55 Å². The van der Waals surface area contributed by atoms with Gasteiger partial charge in [0.05, 0.1) is 0 Å². The lowest BCUT2D eigenvalue weighted by Gasteiger charge is -1.51. The Labute approximate surface area is 28.0 Å². The third-order valence-electron chi connectivity index (χ3n) is 0. The second-order valence-corrected chi connectivity index (χ2v) is 1.83. The zero-order valence-corrected chi connectivity index (χ0v) is 3.49. The summed E-state index contributed by atoms with van der Waals surface area (Å²) in [5, 5.41) is 0. The maximum atomic E-state index is 9.41. The Bertz CT molecular complexity index is 31.0. The standard InChI is InChI=1S/CH3BOSi/c1-4(2)3/h1H3. The Morgan fingerprint density at radius 1 is 2.00 bits per heavy atom.